The van der Waals surface area contributed by atoms with Gasteiger partial charge in [0.2, 0.25) is 0 Å². The summed E-state index contributed by atoms with van der Waals surface area (Å²) in [6.07, 6.45) is 0.249. The fourth-order valence-corrected chi connectivity index (χ4v) is 1.44. The van der Waals surface area contributed by atoms with Gasteiger partial charge < -0.3 is 9.84 Å². The van der Waals surface area contributed by atoms with Crippen molar-refractivity contribution in [3.05, 3.63) is 34.9 Å². The van der Waals surface area contributed by atoms with Crippen LogP contribution in [0.25, 0.3) is 0 Å². The lowest BCUT2D eigenvalue weighted by molar-refractivity contribution is -0.159. The summed E-state index contributed by atoms with van der Waals surface area (Å²) in [5.41, 5.74) is -0.462. The first-order chi connectivity index (χ1) is 6.99. The molecular weight excluding hydrogens is 216 g/mol. The smallest absolute Gasteiger partial charge is 0.336 e. The zero-order valence-corrected chi connectivity index (χ0v) is 9.41. The minimum absolute atomic E-state index is 0.249. The Morgan fingerprint density at radius 3 is 2.60 bits per heavy atom. The average molecular weight is 229 g/mol. The molecule has 0 saturated heterocycles. The maximum atomic E-state index is 11.0. The van der Waals surface area contributed by atoms with Gasteiger partial charge in [0.15, 0.2) is 5.60 Å². The van der Waals surface area contributed by atoms with E-state index in [0.717, 1.165) is 5.56 Å². The van der Waals surface area contributed by atoms with E-state index in [1.54, 1.807) is 18.2 Å². The minimum Gasteiger partial charge on any atom is -0.479 e. The Morgan fingerprint density at radius 1 is 1.53 bits per heavy atom. The van der Waals surface area contributed by atoms with Crippen LogP contribution in [0.1, 0.15) is 12.5 Å². The summed E-state index contributed by atoms with van der Waals surface area (Å²) in [5.74, 6) is -0.995. The van der Waals surface area contributed by atoms with Crippen molar-refractivity contribution in [3.63, 3.8) is 0 Å². The number of methoxy groups -OCH3 is 1. The van der Waals surface area contributed by atoms with Crippen molar-refractivity contribution in [3.8, 4) is 0 Å². The van der Waals surface area contributed by atoms with E-state index in [1.165, 1.54) is 14.0 Å². The Labute approximate surface area is 93.6 Å². The lowest BCUT2D eigenvalue weighted by atomic mass is 9.96. The number of halogens is 1. The quantitative estimate of drug-likeness (QED) is 0.861. The summed E-state index contributed by atoms with van der Waals surface area (Å²) in [4.78, 5) is 11.0. The third-order valence-electron chi connectivity index (χ3n) is 2.39. The van der Waals surface area contributed by atoms with E-state index in [1.807, 2.05) is 6.07 Å². The van der Waals surface area contributed by atoms with Gasteiger partial charge in [-0.1, -0.05) is 29.8 Å². The number of rotatable bonds is 4. The van der Waals surface area contributed by atoms with Crippen molar-refractivity contribution in [1.82, 2.24) is 0 Å². The number of aliphatic carboxylic acids is 1. The number of ether oxygens (including phenoxy) is 1. The normalized spacial score (nSPS) is 14.6. The molecular formula is C11H13ClO3. The fraction of sp³-hybridized carbons (Fsp3) is 0.364. The van der Waals surface area contributed by atoms with Crippen LogP contribution in [-0.4, -0.2) is 23.8 Å². The molecule has 4 heteroatoms. The molecule has 0 aromatic heterocycles. The van der Waals surface area contributed by atoms with E-state index in [0.29, 0.717) is 5.02 Å². The van der Waals surface area contributed by atoms with Gasteiger partial charge >= 0.3 is 5.97 Å². The summed E-state index contributed by atoms with van der Waals surface area (Å²) in [5, 5.41) is 9.57. The molecule has 3 nitrogen and oxygen atoms in total. The fourth-order valence-electron chi connectivity index (χ4n) is 1.24. The lowest BCUT2D eigenvalue weighted by Gasteiger charge is -2.23. The number of hydrogen-bond acceptors (Lipinski definition) is 2. The summed E-state index contributed by atoms with van der Waals surface area (Å²) >= 11 is 5.94. The Bertz CT molecular complexity index is 365. The van der Waals surface area contributed by atoms with E-state index in [-0.39, 0.29) is 6.42 Å². The van der Waals surface area contributed by atoms with E-state index < -0.39 is 11.6 Å². The first-order valence-electron chi connectivity index (χ1n) is 4.51. The van der Waals surface area contributed by atoms with Gasteiger partial charge in [-0.05, 0) is 18.6 Å². The molecule has 0 aliphatic heterocycles. The second-order valence-corrected chi connectivity index (χ2v) is 3.92. The molecule has 0 amide bonds. The molecule has 0 heterocycles. The number of carboxylic acid groups (broad SMARTS) is 1. The van der Waals surface area contributed by atoms with Crippen LogP contribution < -0.4 is 0 Å². The summed E-state index contributed by atoms with van der Waals surface area (Å²) in [6.45, 7) is 1.53. The molecule has 82 valence electrons. The van der Waals surface area contributed by atoms with Gasteiger partial charge in [0.25, 0.3) is 0 Å². The van der Waals surface area contributed by atoms with Crippen LogP contribution in [0, 0.1) is 0 Å². The van der Waals surface area contributed by atoms with E-state index in [4.69, 9.17) is 21.4 Å². The maximum absolute atomic E-state index is 11.0. The Morgan fingerprint density at radius 2 is 2.13 bits per heavy atom. The van der Waals surface area contributed by atoms with Crippen molar-refractivity contribution < 1.29 is 14.6 Å². The van der Waals surface area contributed by atoms with Crippen LogP contribution in [0.3, 0.4) is 0 Å². The lowest BCUT2D eigenvalue weighted by Crippen LogP contribution is -2.39. The molecule has 0 saturated carbocycles. The molecule has 1 aromatic carbocycles. The van der Waals surface area contributed by atoms with Crippen molar-refractivity contribution in [2.24, 2.45) is 0 Å². The first kappa shape index (κ1) is 12.0. The maximum Gasteiger partial charge on any atom is 0.336 e. The van der Waals surface area contributed by atoms with E-state index in [9.17, 15) is 4.79 Å². The molecule has 1 rings (SSSR count). The van der Waals surface area contributed by atoms with Gasteiger partial charge in [-0.15, -0.1) is 0 Å². The van der Waals surface area contributed by atoms with Gasteiger partial charge in [0.05, 0.1) is 0 Å². The Kier molecular flexibility index (Phi) is 3.72. The Balaban J connectivity index is 2.94. The standard InChI is InChI=1S/C11H13ClO3/c1-11(15-2,10(13)14)7-8-5-3-4-6-9(8)12/h3-6H,7H2,1-2H3,(H,13,14). The van der Waals surface area contributed by atoms with Crippen LogP contribution in [0.5, 0.6) is 0 Å². The predicted molar refractivity (Wildman–Crippen MR) is 58.2 cm³/mol. The number of carboxylic acids is 1. The average Bonchev–Trinajstić information content (AvgIpc) is 2.21. The second-order valence-electron chi connectivity index (χ2n) is 3.51. The van der Waals surface area contributed by atoms with Crippen LogP contribution >= 0.6 is 11.6 Å². The van der Waals surface area contributed by atoms with Crippen LogP contribution in [0.4, 0.5) is 0 Å². The zero-order chi connectivity index (χ0) is 11.5. The first-order valence-corrected chi connectivity index (χ1v) is 4.89. The molecule has 15 heavy (non-hydrogen) atoms. The molecule has 1 N–H and O–H groups in total. The monoisotopic (exact) mass is 228 g/mol. The third kappa shape index (κ3) is 2.70. The largest absolute Gasteiger partial charge is 0.479 e. The summed E-state index contributed by atoms with van der Waals surface area (Å²) in [7, 11) is 1.38. The topological polar surface area (TPSA) is 46.5 Å². The highest BCUT2D eigenvalue weighted by molar-refractivity contribution is 6.31. The van der Waals surface area contributed by atoms with Gasteiger partial charge in [-0.25, -0.2) is 4.79 Å². The molecule has 0 aliphatic rings. The predicted octanol–water partition coefficient (Wildman–Crippen LogP) is 2.37. The summed E-state index contributed by atoms with van der Waals surface area (Å²) < 4.78 is 5.00. The minimum atomic E-state index is -1.23. The van der Waals surface area contributed by atoms with Crippen LogP contribution in [-0.2, 0) is 16.0 Å². The van der Waals surface area contributed by atoms with Crippen LogP contribution in [0.15, 0.2) is 24.3 Å². The van der Waals surface area contributed by atoms with Gasteiger partial charge in [0, 0.05) is 18.6 Å². The van der Waals surface area contributed by atoms with Gasteiger partial charge in [-0.3, -0.25) is 0 Å². The van der Waals surface area contributed by atoms with E-state index >= 15 is 0 Å². The number of benzene rings is 1. The van der Waals surface area contributed by atoms with Gasteiger partial charge in [-0.2, -0.15) is 0 Å². The molecule has 1 unspecified atom stereocenters. The van der Waals surface area contributed by atoms with Crippen molar-refractivity contribution >= 4 is 17.6 Å². The second kappa shape index (κ2) is 4.64. The molecule has 1 atom stereocenters. The molecule has 0 radical (unpaired) electrons. The van der Waals surface area contributed by atoms with Crippen molar-refractivity contribution in [2.45, 2.75) is 18.9 Å². The molecule has 0 fully saturated rings. The molecule has 0 bridgehead atoms. The number of hydrogen-bond donors (Lipinski definition) is 1. The van der Waals surface area contributed by atoms with Crippen molar-refractivity contribution in [2.75, 3.05) is 7.11 Å². The molecule has 0 aliphatic carbocycles. The highest BCUT2D eigenvalue weighted by Crippen LogP contribution is 2.23. The SMILES string of the molecule is COC(C)(Cc1ccccc1Cl)C(=O)O. The van der Waals surface area contributed by atoms with Crippen LogP contribution in [0.2, 0.25) is 5.02 Å². The summed E-state index contributed by atoms with van der Waals surface area (Å²) in [6, 6.07) is 7.15. The zero-order valence-electron chi connectivity index (χ0n) is 8.66. The van der Waals surface area contributed by atoms with Gasteiger partial charge in [0.1, 0.15) is 0 Å². The van der Waals surface area contributed by atoms with Crippen molar-refractivity contribution in [1.29, 1.82) is 0 Å². The number of carbonyl (C=O) groups is 1. The molecule has 1 aromatic rings. The highest BCUT2D eigenvalue weighted by atomic mass is 35.5. The third-order valence-corrected chi connectivity index (χ3v) is 2.76. The Hall–Kier alpha value is -1.06. The highest BCUT2D eigenvalue weighted by Gasteiger charge is 2.33. The molecule has 0 spiro atoms. The van der Waals surface area contributed by atoms with E-state index in [2.05, 4.69) is 0 Å².